The Balaban J connectivity index is 1.73. The Kier molecular flexibility index (Phi) is 4.84. The number of benzene rings is 1. The molecule has 3 rings (SSSR count). The second-order valence-electron chi connectivity index (χ2n) is 5.57. The summed E-state index contributed by atoms with van der Waals surface area (Å²) in [7, 11) is 1.62. The van der Waals surface area contributed by atoms with E-state index in [1.807, 2.05) is 31.2 Å². The normalized spacial score (nSPS) is 12.5. The summed E-state index contributed by atoms with van der Waals surface area (Å²) >= 11 is 7.61. The number of aromatic amines is 1. The first-order valence-electron chi connectivity index (χ1n) is 7.53. The minimum atomic E-state index is -0.213. The van der Waals surface area contributed by atoms with Crippen LogP contribution in [-0.4, -0.2) is 19.7 Å². The molecule has 24 heavy (non-hydrogen) atoms. The number of rotatable bonds is 5. The summed E-state index contributed by atoms with van der Waals surface area (Å²) in [5, 5.41) is 9.16. The van der Waals surface area contributed by atoms with E-state index in [1.54, 1.807) is 18.4 Å². The van der Waals surface area contributed by atoms with Crippen molar-refractivity contribution in [3.8, 4) is 11.3 Å². The maximum Gasteiger partial charge on any atom is 0.343 e. The Bertz CT molecular complexity index is 896. The fraction of sp³-hybridized carbons (Fsp3) is 0.312. The van der Waals surface area contributed by atoms with Crippen LogP contribution in [-0.2, 0) is 13.6 Å². The van der Waals surface area contributed by atoms with Gasteiger partial charge in [0.2, 0.25) is 0 Å². The number of aryl methyl sites for hydroxylation is 2. The SMILES string of the molecule is Cc1sc(C(C)NCc2nn(C)c(=O)[nH]2)nc1-c1ccc(Cl)cc1. The van der Waals surface area contributed by atoms with Crippen LogP contribution in [0.3, 0.4) is 0 Å². The molecule has 2 heterocycles. The molecule has 0 aliphatic carbocycles. The van der Waals surface area contributed by atoms with Gasteiger partial charge in [0, 0.05) is 22.5 Å². The maximum atomic E-state index is 11.4. The fourth-order valence-corrected chi connectivity index (χ4v) is 3.45. The van der Waals surface area contributed by atoms with E-state index < -0.39 is 0 Å². The lowest BCUT2D eigenvalue weighted by Gasteiger charge is -2.09. The Labute approximate surface area is 148 Å². The predicted octanol–water partition coefficient (Wildman–Crippen LogP) is 3.04. The lowest BCUT2D eigenvalue weighted by atomic mass is 10.1. The third-order valence-electron chi connectivity index (χ3n) is 3.69. The monoisotopic (exact) mass is 363 g/mol. The third-order valence-corrected chi connectivity index (χ3v) is 5.10. The quantitative estimate of drug-likeness (QED) is 0.730. The summed E-state index contributed by atoms with van der Waals surface area (Å²) in [5.41, 5.74) is 1.82. The average molecular weight is 364 g/mol. The van der Waals surface area contributed by atoms with Gasteiger partial charge < -0.3 is 5.32 Å². The summed E-state index contributed by atoms with van der Waals surface area (Å²) < 4.78 is 1.29. The first-order chi connectivity index (χ1) is 11.4. The van der Waals surface area contributed by atoms with Crippen molar-refractivity contribution in [2.75, 3.05) is 0 Å². The summed E-state index contributed by atoms with van der Waals surface area (Å²) in [6.07, 6.45) is 0. The Morgan fingerprint density at radius 2 is 2.08 bits per heavy atom. The van der Waals surface area contributed by atoms with Crippen molar-refractivity contribution in [3.63, 3.8) is 0 Å². The van der Waals surface area contributed by atoms with Crippen molar-refractivity contribution in [1.82, 2.24) is 25.1 Å². The van der Waals surface area contributed by atoms with Gasteiger partial charge in [0.25, 0.3) is 0 Å². The van der Waals surface area contributed by atoms with Gasteiger partial charge in [0.05, 0.1) is 18.3 Å². The highest BCUT2D eigenvalue weighted by atomic mass is 35.5. The molecule has 0 aliphatic heterocycles. The van der Waals surface area contributed by atoms with Gasteiger partial charge in [0.15, 0.2) is 0 Å². The van der Waals surface area contributed by atoms with E-state index in [9.17, 15) is 4.79 Å². The molecule has 1 unspecified atom stereocenters. The highest BCUT2D eigenvalue weighted by molar-refractivity contribution is 7.12. The van der Waals surface area contributed by atoms with E-state index >= 15 is 0 Å². The number of halogens is 1. The van der Waals surface area contributed by atoms with Crippen LogP contribution in [0.2, 0.25) is 5.02 Å². The van der Waals surface area contributed by atoms with Crippen molar-refractivity contribution in [3.05, 3.63) is 55.5 Å². The first kappa shape index (κ1) is 16.9. The number of hydrogen-bond donors (Lipinski definition) is 2. The highest BCUT2D eigenvalue weighted by Crippen LogP contribution is 2.31. The number of aromatic nitrogens is 4. The smallest absolute Gasteiger partial charge is 0.301 e. The molecule has 1 atom stereocenters. The van der Waals surface area contributed by atoms with Crippen LogP contribution in [0.5, 0.6) is 0 Å². The number of nitrogens with one attached hydrogen (secondary N) is 2. The molecule has 3 aromatic rings. The van der Waals surface area contributed by atoms with Crippen LogP contribution in [0.4, 0.5) is 0 Å². The van der Waals surface area contributed by atoms with Gasteiger partial charge in [-0.25, -0.2) is 14.5 Å². The third kappa shape index (κ3) is 3.58. The van der Waals surface area contributed by atoms with E-state index in [4.69, 9.17) is 16.6 Å². The molecule has 8 heteroatoms. The molecule has 0 amide bonds. The van der Waals surface area contributed by atoms with Crippen LogP contribution >= 0.6 is 22.9 Å². The van der Waals surface area contributed by atoms with Crippen molar-refractivity contribution < 1.29 is 0 Å². The Morgan fingerprint density at radius 3 is 2.71 bits per heavy atom. The average Bonchev–Trinajstić information content (AvgIpc) is 3.09. The lowest BCUT2D eigenvalue weighted by Crippen LogP contribution is -2.19. The zero-order chi connectivity index (χ0) is 17.3. The van der Waals surface area contributed by atoms with Gasteiger partial charge in [-0.15, -0.1) is 11.3 Å². The van der Waals surface area contributed by atoms with Crippen LogP contribution < -0.4 is 11.0 Å². The van der Waals surface area contributed by atoms with E-state index in [1.165, 1.54) is 4.68 Å². The molecule has 0 spiro atoms. The summed E-state index contributed by atoms with van der Waals surface area (Å²) in [6, 6.07) is 7.75. The number of nitrogens with zero attached hydrogens (tertiary/aromatic N) is 3. The highest BCUT2D eigenvalue weighted by Gasteiger charge is 2.15. The molecule has 6 nitrogen and oxygen atoms in total. The second kappa shape index (κ2) is 6.88. The molecule has 0 radical (unpaired) electrons. The van der Waals surface area contributed by atoms with Crippen molar-refractivity contribution in [2.24, 2.45) is 7.05 Å². The van der Waals surface area contributed by atoms with Crippen LogP contribution in [0.25, 0.3) is 11.3 Å². The van der Waals surface area contributed by atoms with Gasteiger partial charge in [0.1, 0.15) is 10.8 Å². The van der Waals surface area contributed by atoms with Gasteiger partial charge in [-0.05, 0) is 26.0 Å². The minimum Gasteiger partial charge on any atom is -0.301 e. The number of thiazole rings is 1. The van der Waals surface area contributed by atoms with Crippen molar-refractivity contribution in [2.45, 2.75) is 26.4 Å². The predicted molar refractivity (Wildman–Crippen MR) is 96.4 cm³/mol. The number of H-pyrrole nitrogens is 1. The molecular formula is C16H18ClN5OS. The molecule has 0 bridgehead atoms. The standard InChI is InChI=1S/C16H18ClN5OS/c1-9(18-8-13-19-16(23)22(3)21-13)15-20-14(10(2)24-15)11-4-6-12(17)7-5-11/h4-7,9,18H,8H2,1-3H3,(H,19,21,23). The van der Waals surface area contributed by atoms with Gasteiger partial charge >= 0.3 is 5.69 Å². The Morgan fingerprint density at radius 1 is 1.38 bits per heavy atom. The lowest BCUT2D eigenvalue weighted by molar-refractivity contribution is 0.554. The largest absolute Gasteiger partial charge is 0.343 e. The summed E-state index contributed by atoms with van der Waals surface area (Å²) in [6.45, 7) is 4.59. The van der Waals surface area contributed by atoms with Gasteiger partial charge in [-0.3, -0.25) is 4.98 Å². The molecule has 1 aromatic carbocycles. The molecule has 0 saturated carbocycles. The van der Waals surface area contributed by atoms with E-state index in [2.05, 4.69) is 22.3 Å². The second-order valence-corrected chi connectivity index (χ2v) is 7.24. The van der Waals surface area contributed by atoms with Crippen LogP contribution in [0, 0.1) is 6.92 Å². The minimum absolute atomic E-state index is 0.0558. The zero-order valence-electron chi connectivity index (χ0n) is 13.6. The molecule has 0 fully saturated rings. The summed E-state index contributed by atoms with van der Waals surface area (Å²) in [5.74, 6) is 0.612. The topological polar surface area (TPSA) is 75.6 Å². The zero-order valence-corrected chi connectivity index (χ0v) is 15.2. The molecule has 0 saturated heterocycles. The molecule has 126 valence electrons. The van der Waals surface area contributed by atoms with E-state index in [0.29, 0.717) is 17.4 Å². The molecule has 2 N–H and O–H groups in total. The van der Waals surface area contributed by atoms with Gasteiger partial charge in [-0.1, -0.05) is 23.7 Å². The Hall–Kier alpha value is -1.96. The van der Waals surface area contributed by atoms with E-state index in [-0.39, 0.29) is 11.7 Å². The fourth-order valence-electron chi connectivity index (χ4n) is 2.35. The van der Waals surface area contributed by atoms with Gasteiger partial charge in [-0.2, -0.15) is 5.10 Å². The molecule has 0 aliphatic rings. The summed E-state index contributed by atoms with van der Waals surface area (Å²) in [4.78, 5) is 20.0. The maximum absolute atomic E-state index is 11.4. The molecule has 2 aromatic heterocycles. The van der Waals surface area contributed by atoms with E-state index in [0.717, 1.165) is 21.1 Å². The van der Waals surface area contributed by atoms with Crippen molar-refractivity contribution in [1.29, 1.82) is 0 Å². The van der Waals surface area contributed by atoms with Crippen LogP contribution in [0.1, 0.15) is 28.7 Å². The first-order valence-corrected chi connectivity index (χ1v) is 8.72. The molecular weight excluding hydrogens is 346 g/mol. The van der Waals surface area contributed by atoms with Crippen molar-refractivity contribution >= 4 is 22.9 Å². The number of hydrogen-bond acceptors (Lipinski definition) is 5. The van der Waals surface area contributed by atoms with Crippen LogP contribution in [0.15, 0.2) is 29.1 Å².